The number of aromatic hydroxyl groups is 1. The smallest absolute Gasteiger partial charge is 0.331 e. The van der Waals surface area contributed by atoms with E-state index in [1.54, 1.807) is 26.8 Å². The summed E-state index contributed by atoms with van der Waals surface area (Å²) in [6, 6.07) is 2.93. The fourth-order valence-corrected chi connectivity index (χ4v) is 3.10. The molecule has 0 fully saturated rings. The molecule has 0 aliphatic carbocycles. The van der Waals surface area contributed by atoms with Crippen LogP contribution in [0, 0.1) is 6.92 Å². The Labute approximate surface area is 151 Å². The van der Waals surface area contributed by atoms with Gasteiger partial charge in [-0.25, -0.2) is 4.79 Å². The molecule has 0 spiro atoms. The van der Waals surface area contributed by atoms with Crippen molar-refractivity contribution in [2.24, 2.45) is 0 Å². The molecule has 1 aliphatic heterocycles. The highest BCUT2D eigenvalue weighted by Gasteiger charge is 2.41. The Morgan fingerprint density at radius 3 is 2.69 bits per heavy atom. The Balaban J connectivity index is 2.08. The third-order valence-electron chi connectivity index (χ3n) is 4.38. The number of benzene rings is 1. The number of fused-ring (bicyclic) bond motifs is 2. The van der Waals surface area contributed by atoms with Crippen molar-refractivity contribution < 1.29 is 23.8 Å². The molecular formula is C20H22O6. The lowest BCUT2D eigenvalue weighted by atomic mass is 9.89. The van der Waals surface area contributed by atoms with Gasteiger partial charge in [0.05, 0.1) is 0 Å². The molecule has 0 unspecified atom stereocenters. The van der Waals surface area contributed by atoms with E-state index in [0.29, 0.717) is 17.1 Å². The highest BCUT2D eigenvalue weighted by Crippen LogP contribution is 2.42. The Morgan fingerprint density at radius 1 is 1.35 bits per heavy atom. The molecule has 0 amide bonds. The van der Waals surface area contributed by atoms with Gasteiger partial charge in [0.25, 0.3) is 0 Å². The quantitative estimate of drug-likeness (QED) is 0.654. The van der Waals surface area contributed by atoms with Gasteiger partial charge in [0.2, 0.25) is 0 Å². The predicted octanol–water partition coefficient (Wildman–Crippen LogP) is 3.40. The molecule has 0 bridgehead atoms. The number of esters is 1. The van der Waals surface area contributed by atoms with Crippen LogP contribution in [0.25, 0.3) is 11.0 Å². The third kappa shape index (κ3) is 3.19. The average molecular weight is 358 g/mol. The standard InChI is InChI=1S/C20H22O6/c1-10(2)6-17(22)25-16-8-12-14(26-20(16,4)5)9-15-18(19(12)23)13(21)7-11(3)24-15/h6-7,9,16,23H,8H2,1-5H3/t16-/m0/s1. The van der Waals surface area contributed by atoms with Gasteiger partial charge in [0.15, 0.2) is 5.43 Å². The zero-order valence-electron chi connectivity index (χ0n) is 15.5. The number of aryl methyl sites for hydroxylation is 1. The molecule has 0 saturated carbocycles. The average Bonchev–Trinajstić information content (AvgIpc) is 2.46. The van der Waals surface area contributed by atoms with Crippen LogP contribution in [0.2, 0.25) is 0 Å². The van der Waals surface area contributed by atoms with Crippen molar-refractivity contribution >= 4 is 16.9 Å². The SMILES string of the molecule is CC(C)=CC(=O)O[C@H]1Cc2c(cc3oc(C)cc(=O)c3c2O)OC1(C)C. The largest absolute Gasteiger partial charge is 0.507 e. The van der Waals surface area contributed by atoms with Crippen LogP contribution in [0.3, 0.4) is 0 Å². The lowest BCUT2D eigenvalue weighted by Crippen LogP contribution is -2.48. The van der Waals surface area contributed by atoms with Gasteiger partial charge in [-0.15, -0.1) is 0 Å². The van der Waals surface area contributed by atoms with Crippen LogP contribution in [0.5, 0.6) is 11.5 Å². The fraction of sp³-hybridized carbons (Fsp3) is 0.400. The lowest BCUT2D eigenvalue weighted by Gasteiger charge is -2.39. The molecule has 1 N–H and O–H groups in total. The molecule has 0 saturated heterocycles. The van der Waals surface area contributed by atoms with Crippen LogP contribution in [-0.2, 0) is 16.0 Å². The summed E-state index contributed by atoms with van der Waals surface area (Å²) in [5.41, 5.74) is 0.395. The van der Waals surface area contributed by atoms with Crippen LogP contribution in [-0.4, -0.2) is 22.8 Å². The van der Waals surface area contributed by atoms with E-state index in [-0.39, 0.29) is 28.6 Å². The van der Waals surface area contributed by atoms with E-state index in [1.807, 2.05) is 13.8 Å². The highest BCUT2D eigenvalue weighted by atomic mass is 16.6. The molecule has 2 aromatic rings. The maximum atomic E-state index is 12.3. The number of hydrogen-bond acceptors (Lipinski definition) is 6. The summed E-state index contributed by atoms with van der Waals surface area (Å²) in [5.74, 6) is 0.212. The Kier molecular flexibility index (Phi) is 4.30. The van der Waals surface area contributed by atoms with Crippen LogP contribution >= 0.6 is 0 Å². The second-order valence-electron chi connectivity index (χ2n) is 7.35. The molecule has 1 aromatic carbocycles. The summed E-state index contributed by atoms with van der Waals surface area (Å²) in [4.78, 5) is 24.3. The van der Waals surface area contributed by atoms with Crippen molar-refractivity contribution in [3.05, 3.63) is 45.3 Å². The molecule has 6 heteroatoms. The summed E-state index contributed by atoms with van der Waals surface area (Å²) in [5, 5.41) is 10.7. The van der Waals surface area contributed by atoms with Crippen molar-refractivity contribution in [3.8, 4) is 11.5 Å². The molecule has 2 heterocycles. The van der Waals surface area contributed by atoms with Crippen LogP contribution in [0.15, 0.2) is 33.0 Å². The van der Waals surface area contributed by atoms with E-state index >= 15 is 0 Å². The molecule has 1 aromatic heterocycles. The van der Waals surface area contributed by atoms with Crippen molar-refractivity contribution in [2.45, 2.75) is 52.7 Å². The van der Waals surface area contributed by atoms with E-state index in [4.69, 9.17) is 13.9 Å². The first-order valence-corrected chi connectivity index (χ1v) is 8.42. The molecule has 26 heavy (non-hydrogen) atoms. The van der Waals surface area contributed by atoms with Crippen LogP contribution in [0.4, 0.5) is 0 Å². The molecule has 138 valence electrons. The van der Waals surface area contributed by atoms with Gasteiger partial charge in [0, 0.05) is 30.2 Å². The van der Waals surface area contributed by atoms with E-state index < -0.39 is 17.7 Å². The molecule has 3 rings (SSSR count). The first-order chi connectivity index (χ1) is 12.1. The zero-order chi connectivity index (χ0) is 19.2. The fourth-order valence-electron chi connectivity index (χ4n) is 3.10. The van der Waals surface area contributed by atoms with Gasteiger partial charge >= 0.3 is 5.97 Å². The highest BCUT2D eigenvalue weighted by molar-refractivity contribution is 5.87. The maximum absolute atomic E-state index is 12.3. The Morgan fingerprint density at radius 2 is 2.04 bits per heavy atom. The second-order valence-corrected chi connectivity index (χ2v) is 7.35. The molecule has 1 aliphatic rings. The van der Waals surface area contributed by atoms with Gasteiger partial charge in [-0.3, -0.25) is 4.79 Å². The molecule has 1 atom stereocenters. The first-order valence-electron chi connectivity index (χ1n) is 8.42. The number of hydrogen-bond donors (Lipinski definition) is 1. The number of carbonyl (C=O) groups excluding carboxylic acids is 1. The van der Waals surface area contributed by atoms with Crippen LogP contribution < -0.4 is 10.2 Å². The normalized spacial score (nSPS) is 18.0. The summed E-state index contributed by atoms with van der Waals surface area (Å²) in [6.45, 7) is 8.89. The van der Waals surface area contributed by atoms with Crippen molar-refractivity contribution in [3.63, 3.8) is 0 Å². The van der Waals surface area contributed by atoms with Crippen molar-refractivity contribution in [1.29, 1.82) is 0 Å². The number of phenols is 1. The number of phenolic OH excluding ortho intramolecular Hbond substituents is 1. The van der Waals surface area contributed by atoms with Crippen LogP contribution in [0.1, 0.15) is 39.0 Å². The Hall–Kier alpha value is -2.76. The molecule has 0 radical (unpaired) electrons. The maximum Gasteiger partial charge on any atom is 0.331 e. The van der Waals surface area contributed by atoms with Gasteiger partial charge in [-0.1, -0.05) is 5.57 Å². The van der Waals surface area contributed by atoms with E-state index in [1.165, 1.54) is 12.1 Å². The lowest BCUT2D eigenvalue weighted by molar-refractivity contribution is -0.155. The minimum Gasteiger partial charge on any atom is -0.507 e. The molecular weight excluding hydrogens is 336 g/mol. The van der Waals surface area contributed by atoms with Gasteiger partial charge < -0.3 is 19.0 Å². The predicted molar refractivity (Wildman–Crippen MR) is 96.6 cm³/mol. The summed E-state index contributed by atoms with van der Waals surface area (Å²) in [6.07, 6.45) is 1.03. The summed E-state index contributed by atoms with van der Waals surface area (Å²) in [7, 11) is 0. The molecule has 6 nitrogen and oxygen atoms in total. The number of carbonyl (C=O) groups is 1. The minimum absolute atomic E-state index is 0.104. The monoisotopic (exact) mass is 358 g/mol. The van der Waals surface area contributed by atoms with E-state index in [0.717, 1.165) is 5.57 Å². The number of rotatable bonds is 2. The van der Waals surface area contributed by atoms with E-state index in [9.17, 15) is 14.7 Å². The van der Waals surface area contributed by atoms with Gasteiger partial charge in [-0.2, -0.15) is 0 Å². The minimum atomic E-state index is -0.803. The number of allylic oxidation sites excluding steroid dienone is 1. The van der Waals surface area contributed by atoms with Gasteiger partial charge in [-0.05, 0) is 34.6 Å². The van der Waals surface area contributed by atoms with Crippen molar-refractivity contribution in [1.82, 2.24) is 0 Å². The topological polar surface area (TPSA) is 86.0 Å². The third-order valence-corrected chi connectivity index (χ3v) is 4.38. The van der Waals surface area contributed by atoms with Gasteiger partial charge in [0.1, 0.15) is 39.9 Å². The summed E-state index contributed by atoms with van der Waals surface area (Å²) >= 11 is 0. The zero-order valence-corrected chi connectivity index (χ0v) is 15.5. The first kappa shape index (κ1) is 18.0. The summed E-state index contributed by atoms with van der Waals surface area (Å²) < 4.78 is 17.1. The second kappa shape index (κ2) is 6.20. The van der Waals surface area contributed by atoms with E-state index in [2.05, 4.69) is 0 Å². The Bertz CT molecular complexity index is 976. The number of ether oxygens (including phenoxy) is 2. The van der Waals surface area contributed by atoms with Crippen molar-refractivity contribution in [2.75, 3.05) is 0 Å².